The fourth-order valence-corrected chi connectivity index (χ4v) is 3.70. The molecule has 0 spiro atoms. The number of rotatable bonds is 4. The summed E-state index contributed by atoms with van der Waals surface area (Å²) < 4.78 is 5.16. The molecule has 3 aromatic rings. The maximum Gasteiger partial charge on any atom is 0.330 e. The number of urea groups is 1. The van der Waals surface area contributed by atoms with Crippen molar-refractivity contribution in [2.45, 2.75) is 6.54 Å². The van der Waals surface area contributed by atoms with Crippen molar-refractivity contribution in [3.8, 4) is 5.75 Å². The molecule has 0 radical (unpaired) electrons. The Morgan fingerprint density at radius 1 is 1.10 bits per heavy atom. The number of anilines is 4. The maximum atomic E-state index is 13.0. The predicted octanol–water partition coefficient (Wildman–Crippen LogP) is 5.11. The van der Waals surface area contributed by atoms with Crippen molar-refractivity contribution in [1.29, 1.82) is 0 Å². The van der Waals surface area contributed by atoms with E-state index in [1.54, 1.807) is 38.6 Å². The molecule has 0 unspecified atom stereocenters. The van der Waals surface area contributed by atoms with Crippen LogP contribution < -0.4 is 19.9 Å². The Balaban J connectivity index is 1.63. The lowest BCUT2D eigenvalue weighted by atomic mass is 10.2. The van der Waals surface area contributed by atoms with Crippen molar-refractivity contribution in [3.05, 3.63) is 64.3 Å². The molecule has 0 atom stereocenters. The second-order valence-electron chi connectivity index (χ2n) is 6.39. The van der Waals surface area contributed by atoms with E-state index in [1.807, 2.05) is 24.3 Å². The number of para-hydroxylation sites is 1. The van der Waals surface area contributed by atoms with Crippen molar-refractivity contribution in [2.24, 2.45) is 0 Å². The summed E-state index contributed by atoms with van der Waals surface area (Å²) in [5, 5.41) is 3.94. The van der Waals surface area contributed by atoms with Crippen molar-refractivity contribution in [2.75, 3.05) is 29.3 Å². The number of fused-ring (bicyclic) bond motifs is 1. The number of carbonyl (C=O) groups excluding carboxylic acids is 1. The van der Waals surface area contributed by atoms with Gasteiger partial charge in [0.25, 0.3) is 0 Å². The van der Waals surface area contributed by atoms with Crippen molar-refractivity contribution in [3.63, 3.8) is 0 Å². The molecule has 1 aliphatic rings. The number of methoxy groups -OCH3 is 1. The number of aromatic nitrogens is 2. The van der Waals surface area contributed by atoms with E-state index in [0.717, 1.165) is 17.0 Å². The van der Waals surface area contributed by atoms with Crippen LogP contribution in [0.1, 0.15) is 5.56 Å². The first-order chi connectivity index (χ1) is 14.0. The second kappa shape index (κ2) is 7.77. The fraction of sp³-hybridized carbons (Fsp3) is 0.150. The summed E-state index contributed by atoms with van der Waals surface area (Å²) in [5.74, 6) is 1.67. The molecule has 1 aromatic heterocycles. The van der Waals surface area contributed by atoms with E-state index in [0.29, 0.717) is 27.5 Å². The summed E-state index contributed by atoms with van der Waals surface area (Å²) in [5.41, 5.74) is 2.06. The van der Waals surface area contributed by atoms with Crippen molar-refractivity contribution in [1.82, 2.24) is 9.97 Å². The number of ether oxygens (including phenoxy) is 1. The third-order valence-electron chi connectivity index (χ3n) is 4.56. The van der Waals surface area contributed by atoms with Gasteiger partial charge >= 0.3 is 6.03 Å². The lowest BCUT2D eigenvalue weighted by Crippen LogP contribution is -2.46. The minimum absolute atomic E-state index is 0.269. The van der Waals surface area contributed by atoms with Gasteiger partial charge in [-0.1, -0.05) is 29.3 Å². The molecule has 1 aliphatic heterocycles. The molecule has 4 rings (SSSR count). The number of hydrogen-bond donors (Lipinski definition) is 1. The van der Waals surface area contributed by atoms with E-state index in [2.05, 4.69) is 15.3 Å². The van der Waals surface area contributed by atoms with Crippen LogP contribution in [0.15, 0.2) is 48.7 Å². The zero-order chi connectivity index (χ0) is 20.5. The lowest BCUT2D eigenvalue weighted by Gasteiger charge is -2.34. The van der Waals surface area contributed by atoms with Crippen LogP contribution in [0.3, 0.4) is 0 Å². The minimum Gasteiger partial charge on any atom is -0.497 e. The standard InChI is InChI=1S/C20H17Cl2N5O2/c1-26-18-12(11-27(20(26)28)17-15(21)4-3-5-16(17)22)10-23-19(25-18)24-13-6-8-14(29-2)9-7-13/h3-10H,11H2,1-2H3,(H,23,24,25). The van der Waals surface area contributed by atoms with Gasteiger partial charge in [-0.3, -0.25) is 9.80 Å². The zero-order valence-corrected chi connectivity index (χ0v) is 17.2. The van der Waals surface area contributed by atoms with Gasteiger partial charge in [0.15, 0.2) is 0 Å². The molecule has 148 valence electrons. The lowest BCUT2D eigenvalue weighted by molar-refractivity contribution is 0.251. The van der Waals surface area contributed by atoms with Crippen LogP contribution >= 0.6 is 23.2 Å². The Kier molecular flexibility index (Phi) is 5.17. The molecule has 9 heteroatoms. The zero-order valence-electron chi connectivity index (χ0n) is 15.7. The maximum absolute atomic E-state index is 13.0. The SMILES string of the molecule is COc1ccc(Nc2ncc3c(n2)N(C)C(=O)N(c2c(Cl)cccc2Cl)C3)cc1. The molecule has 1 N–H and O–H groups in total. The number of carbonyl (C=O) groups is 1. The van der Waals surface area contributed by atoms with Gasteiger partial charge in [0.2, 0.25) is 5.95 Å². The summed E-state index contributed by atoms with van der Waals surface area (Å²) in [4.78, 5) is 24.8. The predicted molar refractivity (Wildman–Crippen MR) is 115 cm³/mol. The smallest absolute Gasteiger partial charge is 0.330 e. The monoisotopic (exact) mass is 429 g/mol. The largest absolute Gasteiger partial charge is 0.497 e. The van der Waals surface area contributed by atoms with E-state index >= 15 is 0 Å². The van der Waals surface area contributed by atoms with E-state index in [1.165, 1.54) is 9.80 Å². The Morgan fingerprint density at radius 3 is 2.45 bits per heavy atom. The number of amides is 2. The van der Waals surface area contributed by atoms with E-state index in [9.17, 15) is 4.79 Å². The van der Waals surface area contributed by atoms with Crippen molar-refractivity contribution >= 4 is 52.4 Å². The molecule has 0 saturated carbocycles. The van der Waals surface area contributed by atoms with Crippen LogP contribution in [0.25, 0.3) is 0 Å². The second-order valence-corrected chi connectivity index (χ2v) is 7.21. The highest BCUT2D eigenvalue weighted by molar-refractivity contribution is 6.40. The van der Waals surface area contributed by atoms with Crippen molar-refractivity contribution < 1.29 is 9.53 Å². The minimum atomic E-state index is -0.276. The van der Waals surface area contributed by atoms with Gasteiger partial charge < -0.3 is 10.1 Å². The highest BCUT2D eigenvalue weighted by Crippen LogP contribution is 2.38. The van der Waals surface area contributed by atoms with Gasteiger partial charge in [-0.05, 0) is 36.4 Å². The average Bonchev–Trinajstić information content (AvgIpc) is 2.72. The van der Waals surface area contributed by atoms with Gasteiger partial charge in [-0.15, -0.1) is 0 Å². The number of nitrogens with zero attached hydrogens (tertiary/aromatic N) is 4. The number of nitrogens with one attached hydrogen (secondary N) is 1. The van der Waals surface area contributed by atoms with E-state index < -0.39 is 0 Å². The summed E-state index contributed by atoms with van der Waals surface area (Å²) in [7, 11) is 3.27. The molecule has 7 nitrogen and oxygen atoms in total. The van der Waals surface area contributed by atoms with Gasteiger partial charge in [-0.2, -0.15) is 4.98 Å². The summed E-state index contributed by atoms with van der Waals surface area (Å²) >= 11 is 12.6. The molecule has 2 aromatic carbocycles. The average molecular weight is 430 g/mol. The van der Waals surface area contributed by atoms with Crippen LogP contribution in [0.4, 0.5) is 27.9 Å². The molecule has 0 bridgehead atoms. The third-order valence-corrected chi connectivity index (χ3v) is 5.17. The van der Waals surface area contributed by atoms with Crippen LogP contribution in [0.5, 0.6) is 5.75 Å². The van der Waals surface area contributed by atoms with Crippen LogP contribution in [-0.4, -0.2) is 30.2 Å². The molecule has 2 amide bonds. The Labute approximate surface area is 177 Å². The van der Waals surface area contributed by atoms with Crippen LogP contribution in [0, 0.1) is 0 Å². The van der Waals surface area contributed by atoms with Crippen LogP contribution in [0.2, 0.25) is 10.0 Å². The van der Waals surface area contributed by atoms with E-state index in [4.69, 9.17) is 27.9 Å². The number of benzene rings is 2. The van der Waals surface area contributed by atoms with Crippen LogP contribution in [-0.2, 0) is 6.54 Å². The molecule has 0 saturated heterocycles. The highest BCUT2D eigenvalue weighted by atomic mass is 35.5. The molecular formula is C20H17Cl2N5O2. The van der Waals surface area contributed by atoms with Gasteiger partial charge in [0, 0.05) is 24.5 Å². The van der Waals surface area contributed by atoms with E-state index in [-0.39, 0.29) is 12.6 Å². The molecule has 2 heterocycles. The third kappa shape index (κ3) is 3.66. The quantitative estimate of drug-likeness (QED) is 0.623. The highest BCUT2D eigenvalue weighted by Gasteiger charge is 2.32. The Hall–Kier alpha value is -3.03. The normalized spacial score (nSPS) is 13.3. The molecule has 0 aliphatic carbocycles. The number of hydrogen-bond acceptors (Lipinski definition) is 5. The Bertz CT molecular complexity index is 1050. The molecule has 29 heavy (non-hydrogen) atoms. The first kappa shape index (κ1) is 19.3. The molecular weight excluding hydrogens is 413 g/mol. The summed E-state index contributed by atoms with van der Waals surface area (Å²) in [6, 6.07) is 12.2. The summed E-state index contributed by atoms with van der Waals surface area (Å²) in [6.45, 7) is 0.269. The fourth-order valence-electron chi connectivity index (χ4n) is 3.09. The topological polar surface area (TPSA) is 70.6 Å². The first-order valence-electron chi connectivity index (χ1n) is 8.74. The van der Waals surface area contributed by atoms with Gasteiger partial charge in [-0.25, -0.2) is 9.78 Å². The number of halogens is 2. The Morgan fingerprint density at radius 2 is 1.79 bits per heavy atom. The molecule has 0 fully saturated rings. The summed E-state index contributed by atoms with van der Waals surface area (Å²) in [6.07, 6.45) is 1.69. The first-order valence-corrected chi connectivity index (χ1v) is 9.49. The van der Waals surface area contributed by atoms with Gasteiger partial charge in [0.05, 0.1) is 29.4 Å². The van der Waals surface area contributed by atoms with Gasteiger partial charge in [0.1, 0.15) is 11.6 Å².